The molecule has 0 atom stereocenters. The fraction of sp³-hybridized carbons (Fsp3) is 0.438. The fourth-order valence-corrected chi connectivity index (χ4v) is 1.86. The third-order valence-corrected chi connectivity index (χ3v) is 3.03. The Labute approximate surface area is 148 Å². The van der Waals surface area contributed by atoms with Gasteiger partial charge in [0, 0.05) is 32.5 Å². The summed E-state index contributed by atoms with van der Waals surface area (Å²) in [5.41, 5.74) is 6.14. The molecule has 8 heteroatoms. The van der Waals surface area contributed by atoms with Gasteiger partial charge >= 0.3 is 0 Å². The lowest BCUT2D eigenvalue weighted by molar-refractivity contribution is -0.124. The van der Waals surface area contributed by atoms with E-state index >= 15 is 0 Å². The lowest BCUT2D eigenvalue weighted by Crippen LogP contribution is -2.30. The average Bonchev–Trinajstić information content (AvgIpc) is 2.56. The molecule has 1 rings (SSSR count). The summed E-state index contributed by atoms with van der Waals surface area (Å²) in [4.78, 5) is 35.4. The molecule has 0 aliphatic rings. The molecule has 134 valence electrons. The number of rotatable bonds is 9. The Morgan fingerprint density at radius 2 is 1.67 bits per heavy atom. The van der Waals surface area contributed by atoms with Crippen LogP contribution in [-0.4, -0.2) is 37.4 Å². The van der Waals surface area contributed by atoms with Crippen molar-refractivity contribution in [3.05, 3.63) is 29.8 Å². The number of hydrogen-bond acceptors (Lipinski definition) is 4. The Hall–Kier alpha value is -2.12. The van der Waals surface area contributed by atoms with Gasteiger partial charge < -0.3 is 21.7 Å². The predicted molar refractivity (Wildman–Crippen MR) is 96.2 cm³/mol. The lowest BCUT2D eigenvalue weighted by atomic mass is 10.1. The second kappa shape index (κ2) is 12.3. The molecule has 0 saturated carbocycles. The minimum atomic E-state index is -0.310. The van der Waals surface area contributed by atoms with Gasteiger partial charge in [0.1, 0.15) is 0 Å². The normalized spacial score (nSPS) is 9.58. The van der Waals surface area contributed by atoms with Gasteiger partial charge in [0.2, 0.25) is 11.8 Å². The summed E-state index contributed by atoms with van der Waals surface area (Å²) < 4.78 is 0. The Balaban J connectivity index is 0.00000529. The number of carbonyl (C=O) groups is 3. The minimum absolute atomic E-state index is 0. The van der Waals surface area contributed by atoms with Crippen molar-refractivity contribution in [2.45, 2.75) is 26.2 Å². The maximum atomic E-state index is 12.0. The van der Waals surface area contributed by atoms with E-state index in [1.807, 2.05) is 6.92 Å². The molecule has 0 aliphatic carbocycles. The molecule has 1 aromatic rings. The molecule has 0 saturated heterocycles. The van der Waals surface area contributed by atoms with Gasteiger partial charge in [-0.25, -0.2) is 0 Å². The third kappa shape index (κ3) is 7.94. The van der Waals surface area contributed by atoms with E-state index in [0.717, 1.165) is 6.42 Å². The number of halogens is 1. The summed E-state index contributed by atoms with van der Waals surface area (Å²) in [5.74, 6) is -0.765. The topological polar surface area (TPSA) is 113 Å². The van der Waals surface area contributed by atoms with Crippen molar-refractivity contribution < 1.29 is 14.4 Å². The molecule has 0 aromatic heterocycles. The Kier molecular flexibility index (Phi) is 11.2. The highest BCUT2D eigenvalue weighted by atomic mass is 35.5. The van der Waals surface area contributed by atoms with E-state index in [-0.39, 0.29) is 43.0 Å². The van der Waals surface area contributed by atoms with Crippen LogP contribution in [0.15, 0.2) is 24.3 Å². The summed E-state index contributed by atoms with van der Waals surface area (Å²) in [7, 11) is 0. The van der Waals surface area contributed by atoms with Gasteiger partial charge in [-0.1, -0.05) is 19.1 Å². The van der Waals surface area contributed by atoms with Crippen LogP contribution in [0.5, 0.6) is 0 Å². The van der Waals surface area contributed by atoms with Gasteiger partial charge in [-0.2, -0.15) is 0 Å². The molecular formula is C16H25ClN4O3. The van der Waals surface area contributed by atoms with E-state index in [9.17, 15) is 14.4 Å². The Morgan fingerprint density at radius 3 is 2.33 bits per heavy atom. The van der Waals surface area contributed by atoms with Crippen molar-refractivity contribution in [3.63, 3.8) is 0 Å². The summed E-state index contributed by atoms with van der Waals surface area (Å²) in [6.45, 7) is 3.26. The van der Waals surface area contributed by atoms with Gasteiger partial charge in [0.15, 0.2) is 0 Å². The van der Waals surface area contributed by atoms with E-state index in [4.69, 9.17) is 5.73 Å². The average molecular weight is 357 g/mol. The first-order chi connectivity index (χ1) is 11.1. The van der Waals surface area contributed by atoms with Gasteiger partial charge in [-0.3, -0.25) is 14.4 Å². The molecular weight excluding hydrogens is 332 g/mol. The van der Waals surface area contributed by atoms with Crippen molar-refractivity contribution in [1.29, 1.82) is 0 Å². The van der Waals surface area contributed by atoms with Crippen molar-refractivity contribution in [3.8, 4) is 0 Å². The summed E-state index contributed by atoms with van der Waals surface area (Å²) in [6.07, 6.45) is 1.03. The lowest BCUT2D eigenvalue weighted by Gasteiger charge is -2.11. The molecule has 24 heavy (non-hydrogen) atoms. The molecule has 0 bridgehead atoms. The molecule has 0 heterocycles. The van der Waals surface area contributed by atoms with Crippen LogP contribution in [0.25, 0.3) is 0 Å². The van der Waals surface area contributed by atoms with Crippen molar-refractivity contribution >= 4 is 35.8 Å². The van der Waals surface area contributed by atoms with Crippen LogP contribution < -0.4 is 21.7 Å². The van der Waals surface area contributed by atoms with Gasteiger partial charge in [0.05, 0.1) is 11.3 Å². The molecule has 0 spiro atoms. The smallest absolute Gasteiger partial charge is 0.253 e. The predicted octanol–water partition coefficient (Wildman–Crippen LogP) is 1.04. The molecule has 3 amide bonds. The fourth-order valence-electron chi connectivity index (χ4n) is 1.86. The zero-order chi connectivity index (χ0) is 17.1. The highest BCUT2D eigenvalue weighted by molar-refractivity contribution is 6.04. The van der Waals surface area contributed by atoms with Gasteiger partial charge in [0.25, 0.3) is 5.91 Å². The largest absolute Gasteiger partial charge is 0.356 e. The number of nitrogens with two attached hydrogens (primary N) is 1. The summed E-state index contributed by atoms with van der Waals surface area (Å²) in [6, 6.07) is 6.70. The number of hydrogen-bond donors (Lipinski definition) is 4. The van der Waals surface area contributed by atoms with E-state index < -0.39 is 0 Å². The van der Waals surface area contributed by atoms with Crippen LogP contribution in [0, 0.1) is 0 Å². The second-order valence-corrected chi connectivity index (χ2v) is 4.99. The molecule has 0 fully saturated rings. The van der Waals surface area contributed by atoms with Crippen LogP contribution in [0.3, 0.4) is 0 Å². The molecule has 7 nitrogen and oxygen atoms in total. The molecule has 1 aromatic carbocycles. The maximum absolute atomic E-state index is 12.0. The summed E-state index contributed by atoms with van der Waals surface area (Å²) in [5, 5.41) is 8.03. The molecule has 0 radical (unpaired) electrons. The number of nitrogens with one attached hydrogen (secondary N) is 3. The van der Waals surface area contributed by atoms with Gasteiger partial charge in [-0.15, -0.1) is 12.4 Å². The SMILES string of the molecule is CCCNC(=O)CCC(=O)Nc1ccccc1C(=O)NCCN.Cl. The van der Waals surface area contributed by atoms with Crippen molar-refractivity contribution in [2.24, 2.45) is 5.73 Å². The number of anilines is 1. The van der Waals surface area contributed by atoms with E-state index in [1.165, 1.54) is 0 Å². The third-order valence-electron chi connectivity index (χ3n) is 3.03. The number of carbonyl (C=O) groups excluding carboxylic acids is 3. The highest BCUT2D eigenvalue weighted by Gasteiger charge is 2.13. The monoisotopic (exact) mass is 356 g/mol. The zero-order valence-corrected chi connectivity index (χ0v) is 14.6. The van der Waals surface area contributed by atoms with E-state index in [0.29, 0.717) is 30.9 Å². The van der Waals surface area contributed by atoms with Crippen LogP contribution in [0.4, 0.5) is 5.69 Å². The summed E-state index contributed by atoms with van der Waals surface area (Å²) >= 11 is 0. The van der Waals surface area contributed by atoms with Crippen molar-refractivity contribution in [1.82, 2.24) is 10.6 Å². The molecule has 0 unspecified atom stereocenters. The Morgan fingerprint density at radius 1 is 1.00 bits per heavy atom. The van der Waals surface area contributed by atoms with E-state index in [1.54, 1.807) is 24.3 Å². The molecule has 5 N–H and O–H groups in total. The van der Waals surface area contributed by atoms with Crippen LogP contribution in [-0.2, 0) is 9.59 Å². The van der Waals surface area contributed by atoms with Crippen LogP contribution in [0.1, 0.15) is 36.5 Å². The highest BCUT2D eigenvalue weighted by Crippen LogP contribution is 2.15. The quantitative estimate of drug-likeness (QED) is 0.529. The number of para-hydroxylation sites is 1. The van der Waals surface area contributed by atoms with Gasteiger partial charge in [-0.05, 0) is 18.6 Å². The van der Waals surface area contributed by atoms with Crippen LogP contribution in [0.2, 0.25) is 0 Å². The first-order valence-electron chi connectivity index (χ1n) is 7.72. The zero-order valence-electron chi connectivity index (χ0n) is 13.8. The Bertz CT molecular complexity index is 552. The van der Waals surface area contributed by atoms with Crippen LogP contribution >= 0.6 is 12.4 Å². The first kappa shape index (κ1) is 21.9. The standard InChI is InChI=1S/C16H24N4O3.ClH/c1-2-10-18-14(21)7-8-15(22)20-13-6-4-3-5-12(13)16(23)19-11-9-17;/h3-6H,2,7-11,17H2,1H3,(H,18,21)(H,19,23)(H,20,22);1H. The number of benzene rings is 1. The maximum Gasteiger partial charge on any atom is 0.253 e. The van der Waals surface area contributed by atoms with E-state index in [2.05, 4.69) is 16.0 Å². The minimum Gasteiger partial charge on any atom is -0.356 e. The molecule has 0 aliphatic heterocycles. The number of amides is 3. The first-order valence-corrected chi connectivity index (χ1v) is 7.72. The second-order valence-electron chi connectivity index (χ2n) is 4.99. The van der Waals surface area contributed by atoms with Crippen molar-refractivity contribution in [2.75, 3.05) is 25.0 Å².